The molecule has 0 saturated carbocycles. The van der Waals surface area contributed by atoms with Crippen LogP contribution in [-0.4, -0.2) is 36.5 Å². The molecule has 0 aliphatic carbocycles. The highest BCUT2D eigenvalue weighted by molar-refractivity contribution is 14.0. The standard InChI is InChI=1S/C19H24FN5O.HI/c1-2-21-19(25-14-17-5-3-4-10-22-17)24-12-11-23-18(26)13-15-6-8-16(20)9-7-15;/h3-10H,2,11-14H2,1H3,(H,23,26)(H2,21,24,25);1H. The van der Waals surface area contributed by atoms with Crippen molar-refractivity contribution in [3.63, 3.8) is 0 Å². The first-order chi connectivity index (χ1) is 12.7. The van der Waals surface area contributed by atoms with E-state index in [2.05, 4.69) is 25.9 Å². The van der Waals surface area contributed by atoms with Crippen LogP contribution in [0.25, 0.3) is 0 Å². The minimum Gasteiger partial charge on any atom is -0.357 e. The van der Waals surface area contributed by atoms with E-state index < -0.39 is 0 Å². The number of carbonyl (C=O) groups excluding carboxylic acids is 1. The Morgan fingerprint density at radius 2 is 1.81 bits per heavy atom. The van der Waals surface area contributed by atoms with Gasteiger partial charge in [0.1, 0.15) is 5.82 Å². The summed E-state index contributed by atoms with van der Waals surface area (Å²) in [6.45, 7) is 4.22. The second kappa shape index (κ2) is 13.0. The van der Waals surface area contributed by atoms with Gasteiger partial charge in [0.05, 0.1) is 18.7 Å². The molecular weight excluding hydrogens is 460 g/mol. The molecule has 27 heavy (non-hydrogen) atoms. The van der Waals surface area contributed by atoms with Gasteiger partial charge in [0.15, 0.2) is 5.96 Å². The van der Waals surface area contributed by atoms with Gasteiger partial charge in [-0.2, -0.15) is 0 Å². The fourth-order valence-electron chi connectivity index (χ4n) is 2.23. The maximum atomic E-state index is 12.9. The number of hydrogen-bond acceptors (Lipinski definition) is 3. The van der Waals surface area contributed by atoms with Crippen LogP contribution in [0.15, 0.2) is 53.7 Å². The van der Waals surface area contributed by atoms with Gasteiger partial charge in [-0.3, -0.25) is 9.78 Å². The first-order valence-electron chi connectivity index (χ1n) is 8.60. The molecule has 2 rings (SSSR count). The summed E-state index contributed by atoms with van der Waals surface area (Å²) in [5.41, 5.74) is 1.67. The van der Waals surface area contributed by atoms with Crippen molar-refractivity contribution in [1.29, 1.82) is 0 Å². The number of aromatic nitrogens is 1. The van der Waals surface area contributed by atoms with Crippen LogP contribution in [0.2, 0.25) is 0 Å². The molecule has 0 fully saturated rings. The lowest BCUT2D eigenvalue weighted by Gasteiger charge is -2.12. The lowest BCUT2D eigenvalue weighted by atomic mass is 10.1. The number of hydrogen-bond donors (Lipinski definition) is 3. The van der Waals surface area contributed by atoms with Crippen molar-refractivity contribution in [3.8, 4) is 0 Å². The zero-order valence-corrected chi connectivity index (χ0v) is 17.6. The fourth-order valence-corrected chi connectivity index (χ4v) is 2.23. The van der Waals surface area contributed by atoms with Gasteiger partial charge >= 0.3 is 0 Å². The Hall–Kier alpha value is -2.23. The third-order valence-corrected chi connectivity index (χ3v) is 3.49. The molecule has 0 aliphatic heterocycles. The van der Waals surface area contributed by atoms with Gasteiger partial charge in [-0.05, 0) is 36.8 Å². The Morgan fingerprint density at radius 3 is 2.48 bits per heavy atom. The highest BCUT2D eigenvalue weighted by atomic mass is 127. The first kappa shape index (κ1) is 22.8. The number of amides is 1. The number of benzene rings is 1. The van der Waals surface area contributed by atoms with Gasteiger partial charge in [-0.25, -0.2) is 9.38 Å². The number of rotatable bonds is 8. The van der Waals surface area contributed by atoms with E-state index in [1.54, 1.807) is 18.3 Å². The summed E-state index contributed by atoms with van der Waals surface area (Å²) in [6, 6.07) is 11.6. The van der Waals surface area contributed by atoms with Crippen molar-refractivity contribution in [1.82, 2.24) is 20.9 Å². The van der Waals surface area contributed by atoms with E-state index in [-0.39, 0.29) is 42.1 Å². The van der Waals surface area contributed by atoms with Gasteiger partial charge in [0.25, 0.3) is 0 Å². The minimum atomic E-state index is -0.306. The molecule has 3 N–H and O–H groups in total. The summed E-state index contributed by atoms with van der Waals surface area (Å²) >= 11 is 0. The van der Waals surface area contributed by atoms with Crippen LogP contribution in [0.3, 0.4) is 0 Å². The largest absolute Gasteiger partial charge is 0.357 e. The van der Waals surface area contributed by atoms with E-state index in [1.165, 1.54) is 12.1 Å². The number of halogens is 2. The third kappa shape index (κ3) is 9.32. The van der Waals surface area contributed by atoms with Gasteiger partial charge < -0.3 is 16.0 Å². The average molecular weight is 485 g/mol. The summed E-state index contributed by atoms with van der Waals surface area (Å²) in [7, 11) is 0. The molecular formula is C19H25FIN5O. The van der Waals surface area contributed by atoms with Crippen molar-refractivity contribution in [2.75, 3.05) is 19.6 Å². The molecule has 0 unspecified atom stereocenters. The second-order valence-electron chi connectivity index (χ2n) is 5.60. The molecule has 1 heterocycles. The lowest BCUT2D eigenvalue weighted by Crippen LogP contribution is -2.41. The van der Waals surface area contributed by atoms with Crippen molar-refractivity contribution >= 4 is 35.8 Å². The van der Waals surface area contributed by atoms with Crippen molar-refractivity contribution in [2.24, 2.45) is 4.99 Å². The highest BCUT2D eigenvalue weighted by Gasteiger charge is 2.03. The van der Waals surface area contributed by atoms with E-state index >= 15 is 0 Å². The number of pyridine rings is 1. The van der Waals surface area contributed by atoms with Crippen molar-refractivity contribution < 1.29 is 9.18 Å². The van der Waals surface area contributed by atoms with Crippen LogP contribution in [0.5, 0.6) is 0 Å². The molecule has 0 spiro atoms. The first-order valence-corrected chi connectivity index (χ1v) is 8.60. The molecule has 1 amide bonds. The minimum absolute atomic E-state index is 0. The Kier molecular flexibility index (Phi) is 11.0. The predicted molar refractivity (Wildman–Crippen MR) is 116 cm³/mol. The predicted octanol–water partition coefficient (Wildman–Crippen LogP) is 2.25. The Bertz CT molecular complexity index is 710. The maximum Gasteiger partial charge on any atom is 0.224 e. The Balaban J connectivity index is 0.00000364. The molecule has 0 atom stereocenters. The maximum absolute atomic E-state index is 12.9. The van der Waals surface area contributed by atoms with Crippen LogP contribution in [-0.2, 0) is 17.8 Å². The Labute approximate surface area is 176 Å². The summed E-state index contributed by atoms with van der Waals surface area (Å²) in [5.74, 6) is 0.263. The number of guanidine groups is 1. The third-order valence-electron chi connectivity index (χ3n) is 3.49. The van der Waals surface area contributed by atoms with E-state index in [4.69, 9.17) is 0 Å². The van der Waals surface area contributed by atoms with Crippen molar-refractivity contribution in [3.05, 3.63) is 65.7 Å². The summed E-state index contributed by atoms with van der Waals surface area (Å²) in [4.78, 5) is 20.6. The van der Waals surface area contributed by atoms with Gasteiger partial charge in [-0.1, -0.05) is 18.2 Å². The smallest absolute Gasteiger partial charge is 0.224 e. The molecule has 1 aromatic heterocycles. The number of nitrogens with zero attached hydrogens (tertiary/aromatic N) is 2. The van der Waals surface area contributed by atoms with Crippen LogP contribution in [0.4, 0.5) is 4.39 Å². The molecule has 8 heteroatoms. The van der Waals surface area contributed by atoms with Crippen LogP contribution >= 0.6 is 24.0 Å². The van der Waals surface area contributed by atoms with Crippen LogP contribution < -0.4 is 16.0 Å². The summed E-state index contributed by atoms with van der Waals surface area (Å²) in [5, 5.41) is 9.14. The highest BCUT2D eigenvalue weighted by Crippen LogP contribution is 2.03. The zero-order chi connectivity index (χ0) is 18.6. The SMILES string of the molecule is CCNC(=NCc1ccccn1)NCCNC(=O)Cc1ccc(F)cc1.I. The van der Waals surface area contributed by atoms with Gasteiger partial charge in [-0.15, -0.1) is 24.0 Å². The molecule has 1 aromatic carbocycles. The van der Waals surface area contributed by atoms with Crippen LogP contribution in [0, 0.1) is 5.82 Å². The van der Waals surface area contributed by atoms with E-state index in [0.29, 0.717) is 25.6 Å². The lowest BCUT2D eigenvalue weighted by molar-refractivity contribution is -0.120. The molecule has 0 aliphatic rings. The van der Waals surface area contributed by atoms with E-state index in [9.17, 15) is 9.18 Å². The van der Waals surface area contributed by atoms with Crippen LogP contribution in [0.1, 0.15) is 18.2 Å². The summed E-state index contributed by atoms with van der Waals surface area (Å²) < 4.78 is 12.9. The zero-order valence-electron chi connectivity index (χ0n) is 15.2. The van der Waals surface area contributed by atoms with E-state index in [0.717, 1.165) is 17.8 Å². The molecule has 0 radical (unpaired) electrons. The average Bonchev–Trinajstić information content (AvgIpc) is 2.66. The van der Waals surface area contributed by atoms with Gasteiger partial charge in [0, 0.05) is 25.8 Å². The second-order valence-corrected chi connectivity index (χ2v) is 5.60. The number of aliphatic imine (C=N–C) groups is 1. The Morgan fingerprint density at radius 1 is 1.07 bits per heavy atom. The molecule has 0 saturated heterocycles. The topological polar surface area (TPSA) is 78.4 Å². The van der Waals surface area contributed by atoms with Crippen molar-refractivity contribution in [2.45, 2.75) is 19.9 Å². The summed E-state index contributed by atoms with van der Waals surface area (Å²) in [6.07, 6.45) is 1.97. The fraction of sp³-hybridized carbons (Fsp3) is 0.316. The molecule has 0 bridgehead atoms. The van der Waals surface area contributed by atoms with Gasteiger partial charge in [0.2, 0.25) is 5.91 Å². The quantitative estimate of drug-likeness (QED) is 0.232. The molecule has 6 nitrogen and oxygen atoms in total. The number of nitrogens with one attached hydrogen (secondary N) is 3. The number of carbonyl (C=O) groups is 1. The normalized spacial score (nSPS) is 10.7. The monoisotopic (exact) mass is 485 g/mol. The molecule has 146 valence electrons. The van der Waals surface area contributed by atoms with E-state index in [1.807, 2.05) is 25.1 Å². The molecule has 2 aromatic rings.